The van der Waals surface area contributed by atoms with Gasteiger partial charge in [-0.3, -0.25) is 0 Å². The van der Waals surface area contributed by atoms with Gasteiger partial charge in [0.25, 0.3) is 0 Å². The number of fused-ring (bicyclic) bond motifs is 11. The smallest absolute Gasteiger partial charge is 0.159 e. The van der Waals surface area contributed by atoms with Gasteiger partial charge in [0.15, 0.2) is 5.58 Å². The maximum atomic E-state index is 7.08. The molecule has 13 rings (SSSR count). The van der Waals surface area contributed by atoms with Crippen molar-refractivity contribution >= 4 is 71.6 Å². The first kappa shape index (κ1) is 34.7. The van der Waals surface area contributed by atoms with Gasteiger partial charge in [-0.25, -0.2) is 0 Å². The summed E-state index contributed by atoms with van der Waals surface area (Å²) in [4.78, 5) is 2.40. The molecule has 62 heavy (non-hydrogen) atoms. The van der Waals surface area contributed by atoms with Gasteiger partial charge < -0.3 is 13.9 Å². The van der Waals surface area contributed by atoms with E-state index in [0.29, 0.717) is 0 Å². The number of anilines is 3. The van der Waals surface area contributed by atoms with Gasteiger partial charge in [0.05, 0.1) is 22.1 Å². The van der Waals surface area contributed by atoms with Crippen molar-refractivity contribution in [3.05, 3.63) is 253 Å². The summed E-state index contributed by atoms with van der Waals surface area (Å²) in [6.07, 6.45) is 0. The Balaban J connectivity index is 1.08. The summed E-state index contributed by atoms with van der Waals surface area (Å²) in [7, 11) is 0. The van der Waals surface area contributed by atoms with Gasteiger partial charge >= 0.3 is 0 Å². The molecule has 0 unspecified atom stereocenters. The number of benzene rings is 10. The van der Waals surface area contributed by atoms with Gasteiger partial charge in [-0.05, 0) is 99.4 Å². The summed E-state index contributed by atoms with van der Waals surface area (Å²) in [5.41, 5.74) is 15.3. The van der Waals surface area contributed by atoms with Crippen LogP contribution in [0.5, 0.6) is 0 Å². The van der Waals surface area contributed by atoms with E-state index in [1.54, 1.807) is 0 Å². The van der Waals surface area contributed by atoms with Gasteiger partial charge in [0.2, 0.25) is 0 Å². The molecule has 0 radical (unpaired) electrons. The summed E-state index contributed by atoms with van der Waals surface area (Å²) in [5.74, 6) is 0. The average Bonchev–Trinajstić information content (AvgIpc) is 4.00. The molecule has 0 atom stereocenters. The van der Waals surface area contributed by atoms with E-state index in [1.165, 1.54) is 55.2 Å². The predicted octanol–water partition coefficient (Wildman–Crippen LogP) is 15.7. The molecule has 10 aromatic carbocycles. The van der Waals surface area contributed by atoms with Crippen LogP contribution in [0.15, 0.2) is 235 Å². The molecule has 1 aliphatic rings. The van der Waals surface area contributed by atoms with Crippen LogP contribution in [0.3, 0.4) is 0 Å². The minimum Gasteiger partial charge on any atom is -0.453 e. The van der Waals surface area contributed by atoms with Crippen LogP contribution in [0.2, 0.25) is 0 Å². The predicted molar refractivity (Wildman–Crippen MR) is 258 cm³/mol. The van der Waals surface area contributed by atoms with Crippen LogP contribution in [-0.2, 0) is 5.41 Å². The first-order valence-corrected chi connectivity index (χ1v) is 21.3. The Bertz CT molecular complexity index is 3600. The Kier molecular flexibility index (Phi) is 7.52. The highest BCUT2D eigenvalue weighted by Crippen LogP contribution is 2.57. The molecule has 0 spiro atoms. The van der Waals surface area contributed by atoms with Crippen LogP contribution < -0.4 is 4.90 Å². The zero-order valence-corrected chi connectivity index (χ0v) is 33.7. The largest absolute Gasteiger partial charge is 0.453 e. The number of para-hydroxylation sites is 3. The van der Waals surface area contributed by atoms with Crippen LogP contribution in [0.1, 0.15) is 22.3 Å². The van der Waals surface area contributed by atoms with Gasteiger partial charge in [-0.2, -0.15) is 0 Å². The molecular formula is C59H38N2O. The zero-order chi connectivity index (χ0) is 40.8. The molecule has 12 aromatic rings. The normalized spacial score (nSPS) is 13.0. The maximum Gasteiger partial charge on any atom is 0.159 e. The first-order chi connectivity index (χ1) is 30.8. The Hall–Kier alpha value is -8.14. The van der Waals surface area contributed by atoms with E-state index in [0.717, 1.165) is 55.5 Å². The van der Waals surface area contributed by atoms with Crippen LogP contribution in [0.4, 0.5) is 17.1 Å². The molecule has 0 bridgehead atoms. The molecule has 0 aliphatic heterocycles. The third-order valence-corrected chi connectivity index (χ3v) is 13.3. The van der Waals surface area contributed by atoms with Crippen LogP contribution in [0.25, 0.3) is 71.3 Å². The van der Waals surface area contributed by atoms with Crippen LogP contribution in [-0.4, -0.2) is 4.57 Å². The van der Waals surface area contributed by atoms with E-state index in [-0.39, 0.29) is 0 Å². The summed E-state index contributed by atoms with van der Waals surface area (Å²) in [5, 5.41) is 6.97. The Morgan fingerprint density at radius 3 is 1.66 bits per heavy atom. The molecule has 2 heterocycles. The SMILES string of the molecule is c1ccc(C2(c3ccccc3)c3ccccc3-c3ccc(N(c4ccc(-n5c6ccccc6c6ccccc65)cc4)c4cccc5c4oc4c6ccccc6ccc54)cc32)cc1. The Morgan fingerprint density at radius 2 is 0.935 bits per heavy atom. The minimum absolute atomic E-state index is 0.541. The van der Waals surface area contributed by atoms with Gasteiger partial charge in [-0.15, -0.1) is 0 Å². The van der Waals surface area contributed by atoms with E-state index in [9.17, 15) is 0 Å². The fourth-order valence-corrected chi connectivity index (χ4v) is 10.6. The van der Waals surface area contributed by atoms with E-state index in [4.69, 9.17) is 4.42 Å². The Morgan fingerprint density at radius 1 is 0.371 bits per heavy atom. The maximum absolute atomic E-state index is 7.08. The molecular weight excluding hydrogens is 753 g/mol. The molecule has 1 aliphatic carbocycles. The number of hydrogen-bond acceptors (Lipinski definition) is 2. The molecule has 0 amide bonds. The lowest BCUT2D eigenvalue weighted by molar-refractivity contribution is 0.673. The number of aromatic nitrogens is 1. The molecule has 290 valence electrons. The summed E-state index contributed by atoms with van der Waals surface area (Å²) < 4.78 is 9.46. The molecule has 0 N–H and O–H groups in total. The lowest BCUT2D eigenvalue weighted by Crippen LogP contribution is -2.28. The van der Waals surface area contributed by atoms with Crippen molar-refractivity contribution in [2.24, 2.45) is 0 Å². The topological polar surface area (TPSA) is 21.3 Å². The van der Waals surface area contributed by atoms with E-state index in [1.807, 2.05) is 0 Å². The summed E-state index contributed by atoms with van der Waals surface area (Å²) >= 11 is 0. The van der Waals surface area contributed by atoms with Crippen molar-refractivity contribution in [2.75, 3.05) is 4.90 Å². The van der Waals surface area contributed by atoms with E-state index < -0.39 is 5.41 Å². The van der Waals surface area contributed by atoms with Gasteiger partial charge in [0, 0.05) is 44.0 Å². The first-order valence-electron chi connectivity index (χ1n) is 21.3. The lowest BCUT2D eigenvalue weighted by Gasteiger charge is -2.35. The number of rotatable bonds is 6. The van der Waals surface area contributed by atoms with E-state index in [2.05, 4.69) is 240 Å². The third kappa shape index (κ3) is 4.88. The summed E-state index contributed by atoms with van der Waals surface area (Å²) in [6.45, 7) is 0. The standard InChI is InChI=1S/C59H38N2O/c1-3-17-40(18-4-1)59(41-19-5-2-6-20-41)52-26-12-9-22-46(52)47-37-35-44(38-53(47)59)60(56-29-15-25-50-51-36-30-39-16-7-8-21-45(39)57(51)62-58(50)56)42-31-33-43(34-32-42)61-54-27-13-10-23-48(54)49-24-11-14-28-55(49)61/h1-38H. The van der Waals surface area contributed by atoms with Gasteiger partial charge in [-0.1, -0.05) is 170 Å². The zero-order valence-electron chi connectivity index (χ0n) is 33.7. The minimum atomic E-state index is -0.541. The van der Waals surface area contributed by atoms with Crippen molar-refractivity contribution in [3.8, 4) is 16.8 Å². The third-order valence-electron chi connectivity index (χ3n) is 13.3. The lowest BCUT2D eigenvalue weighted by atomic mass is 9.67. The number of hydrogen-bond donors (Lipinski definition) is 0. The van der Waals surface area contributed by atoms with Crippen molar-refractivity contribution in [3.63, 3.8) is 0 Å². The molecule has 3 nitrogen and oxygen atoms in total. The molecule has 0 fully saturated rings. The number of furan rings is 1. The summed E-state index contributed by atoms with van der Waals surface area (Å²) in [6, 6.07) is 84.0. The van der Waals surface area contributed by atoms with Crippen molar-refractivity contribution < 1.29 is 4.42 Å². The van der Waals surface area contributed by atoms with Crippen LogP contribution in [0, 0.1) is 0 Å². The van der Waals surface area contributed by atoms with Crippen LogP contribution >= 0.6 is 0 Å². The molecule has 0 saturated carbocycles. The van der Waals surface area contributed by atoms with Crippen molar-refractivity contribution in [1.29, 1.82) is 0 Å². The second-order valence-corrected chi connectivity index (χ2v) is 16.4. The second kappa shape index (κ2) is 13.4. The molecule has 3 heteroatoms. The van der Waals surface area contributed by atoms with Crippen molar-refractivity contribution in [2.45, 2.75) is 5.41 Å². The highest BCUT2D eigenvalue weighted by molar-refractivity contribution is 6.17. The quantitative estimate of drug-likeness (QED) is 0.167. The fourth-order valence-electron chi connectivity index (χ4n) is 10.6. The van der Waals surface area contributed by atoms with Gasteiger partial charge in [0.1, 0.15) is 5.58 Å². The highest BCUT2D eigenvalue weighted by Gasteiger charge is 2.46. The monoisotopic (exact) mass is 790 g/mol. The average molecular weight is 791 g/mol. The molecule has 2 aromatic heterocycles. The fraction of sp³-hybridized carbons (Fsp3) is 0.0169. The highest BCUT2D eigenvalue weighted by atomic mass is 16.3. The van der Waals surface area contributed by atoms with E-state index >= 15 is 0 Å². The molecule has 0 saturated heterocycles. The number of nitrogens with zero attached hydrogens (tertiary/aromatic N) is 2. The van der Waals surface area contributed by atoms with Crippen molar-refractivity contribution in [1.82, 2.24) is 4.57 Å². The second-order valence-electron chi connectivity index (χ2n) is 16.4. The Labute approximate surface area is 359 Å².